The van der Waals surface area contributed by atoms with E-state index in [1.807, 2.05) is 30.0 Å². The molecule has 0 aliphatic rings. The van der Waals surface area contributed by atoms with Gasteiger partial charge in [-0.05, 0) is 37.0 Å². The van der Waals surface area contributed by atoms with E-state index >= 15 is 0 Å². The van der Waals surface area contributed by atoms with E-state index in [2.05, 4.69) is 6.92 Å². The molecule has 0 saturated heterocycles. The number of ketones is 1. The van der Waals surface area contributed by atoms with Gasteiger partial charge in [-0.25, -0.2) is 0 Å². The number of rotatable bonds is 7. The van der Waals surface area contributed by atoms with Gasteiger partial charge in [0.1, 0.15) is 5.75 Å². The van der Waals surface area contributed by atoms with Gasteiger partial charge >= 0.3 is 0 Å². The van der Waals surface area contributed by atoms with Crippen molar-refractivity contribution in [2.24, 2.45) is 0 Å². The minimum atomic E-state index is 0.0759. The molecule has 0 unspecified atom stereocenters. The van der Waals surface area contributed by atoms with Crippen molar-refractivity contribution in [2.75, 3.05) is 18.1 Å². The summed E-state index contributed by atoms with van der Waals surface area (Å²) < 4.78 is 5.58. The highest BCUT2D eigenvalue weighted by molar-refractivity contribution is 7.99. The first-order chi connectivity index (χ1) is 7.74. The Hall–Kier alpha value is -0.960. The first kappa shape index (κ1) is 13.1. The summed E-state index contributed by atoms with van der Waals surface area (Å²) in [6.45, 7) is 4.44. The SMILES string of the molecule is CCSCCCOc1cccc(C(C)=O)c1. The van der Waals surface area contributed by atoms with Gasteiger partial charge in [0.15, 0.2) is 5.78 Å². The molecule has 3 heteroatoms. The van der Waals surface area contributed by atoms with Gasteiger partial charge in [-0.3, -0.25) is 4.79 Å². The molecule has 0 aromatic heterocycles. The highest BCUT2D eigenvalue weighted by atomic mass is 32.2. The largest absolute Gasteiger partial charge is 0.494 e. The summed E-state index contributed by atoms with van der Waals surface area (Å²) in [6.07, 6.45) is 1.04. The van der Waals surface area contributed by atoms with Gasteiger partial charge < -0.3 is 4.74 Å². The molecular weight excluding hydrogens is 220 g/mol. The molecule has 1 aromatic carbocycles. The number of carbonyl (C=O) groups excluding carboxylic acids is 1. The summed E-state index contributed by atoms with van der Waals surface area (Å²) in [7, 11) is 0. The normalized spacial score (nSPS) is 10.1. The lowest BCUT2D eigenvalue weighted by molar-refractivity contribution is 0.101. The average Bonchev–Trinajstić information content (AvgIpc) is 2.29. The van der Waals surface area contributed by atoms with E-state index in [1.54, 1.807) is 13.0 Å². The van der Waals surface area contributed by atoms with Gasteiger partial charge in [0.05, 0.1) is 6.61 Å². The number of carbonyl (C=O) groups is 1. The molecule has 0 saturated carbocycles. The lowest BCUT2D eigenvalue weighted by atomic mass is 10.1. The molecule has 0 aliphatic carbocycles. The van der Waals surface area contributed by atoms with Crippen LogP contribution in [-0.4, -0.2) is 23.9 Å². The third-order valence-electron chi connectivity index (χ3n) is 2.15. The van der Waals surface area contributed by atoms with Gasteiger partial charge in [-0.15, -0.1) is 0 Å². The number of hydrogen-bond donors (Lipinski definition) is 0. The molecule has 0 heterocycles. The van der Waals surface area contributed by atoms with Crippen LogP contribution in [0.1, 0.15) is 30.6 Å². The summed E-state index contributed by atoms with van der Waals surface area (Å²) in [5.41, 5.74) is 0.709. The van der Waals surface area contributed by atoms with Crippen LogP contribution < -0.4 is 4.74 Å². The highest BCUT2D eigenvalue weighted by Crippen LogP contribution is 2.14. The second-order valence-electron chi connectivity index (χ2n) is 3.48. The Kier molecular flexibility index (Phi) is 6.01. The second kappa shape index (κ2) is 7.34. The molecule has 0 spiro atoms. The van der Waals surface area contributed by atoms with Crippen molar-refractivity contribution in [3.05, 3.63) is 29.8 Å². The Morgan fingerprint density at radius 2 is 2.25 bits per heavy atom. The zero-order valence-electron chi connectivity index (χ0n) is 9.86. The maximum atomic E-state index is 11.2. The van der Waals surface area contributed by atoms with E-state index in [0.717, 1.165) is 23.7 Å². The number of hydrogen-bond acceptors (Lipinski definition) is 3. The second-order valence-corrected chi connectivity index (χ2v) is 4.88. The molecule has 2 nitrogen and oxygen atoms in total. The van der Waals surface area contributed by atoms with Gasteiger partial charge in [-0.2, -0.15) is 11.8 Å². The van der Waals surface area contributed by atoms with Crippen LogP contribution in [0.4, 0.5) is 0 Å². The van der Waals surface area contributed by atoms with Crippen LogP contribution in [0, 0.1) is 0 Å². The van der Waals surface area contributed by atoms with Crippen LogP contribution in [0.5, 0.6) is 5.75 Å². The number of ether oxygens (including phenoxy) is 1. The van der Waals surface area contributed by atoms with Gasteiger partial charge in [0.25, 0.3) is 0 Å². The first-order valence-corrected chi connectivity index (χ1v) is 6.71. The molecular formula is C13H18O2S. The standard InChI is InChI=1S/C13H18O2S/c1-3-16-9-5-8-15-13-7-4-6-12(10-13)11(2)14/h4,6-7,10H,3,5,8-9H2,1-2H3. The zero-order valence-corrected chi connectivity index (χ0v) is 10.7. The average molecular weight is 238 g/mol. The molecule has 88 valence electrons. The molecule has 0 amide bonds. The fraction of sp³-hybridized carbons (Fsp3) is 0.462. The number of thioether (sulfide) groups is 1. The Morgan fingerprint density at radius 1 is 1.44 bits per heavy atom. The van der Waals surface area contributed by atoms with E-state index in [0.29, 0.717) is 12.2 Å². The predicted molar refractivity (Wildman–Crippen MR) is 69.6 cm³/mol. The fourth-order valence-corrected chi connectivity index (χ4v) is 1.91. The third-order valence-corrected chi connectivity index (χ3v) is 3.13. The summed E-state index contributed by atoms with van der Waals surface area (Å²) in [6, 6.07) is 7.35. The molecule has 0 radical (unpaired) electrons. The van der Waals surface area contributed by atoms with Crippen molar-refractivity contribution in [2.45, 2.75) is 20.3 Å². The van der Waals surface area contributed by atoms with Gasteiger partial charge in [0.2, 0.25) is 0 Å². The van der Waals surface area contributed by atoms with Crippen LogP contribution in [-0.2, 0) is 0 Å². The van der Waals surface area contributed by atoms with Crippen LogP contribution in [0.3, 0.4) is 0 Å². The van der Waals surface area contributed by atoms with Crippen molar-refractivity contribution in [1.82, 2.24) is 0 Å². The van der Waals surface area contributed by atoms with E-state index in [4.69, 9.17) is 4.74 Å². The molecule has 0 bridgehead atoms. The first-order valence-electron chi connectivity index (χ1n) is 5.55. The molecule has 1 rings (SSSR count). The smallest absolute Gasteiger partial charge is 0.159 e. The van der Waals surface area contributed by atoms with E-state index in [-0.39, 0.29) is 5.78 Å². The monoisotopic (exact) mass is 238 g/mol. The van der Waals surface area contributed by atoms with E-state index in [9.17, 15) is 4.79 Å². The molecule has 0 atom stereocenters. The van der Waals surface area contributed by atoms with E-state index in [1.165, 1.54) is 0 Å². The third kappa shape index (κ3) is 4.71. The fourth-order valence-electron chi connectivity index (χ4n) is 1.30. The van der Waals surface area contributed by atoms with Crippen molar-refractivity contribution < 1.29 is 9.53 Å². The summed E-state index contributed by atoms with van der Waals surface area (Å²) in [5.74, 6) is 3.14. The summed E-state index contributed by atoms with van der Waals surface area (Å²) >= 11 is 1.92. The van der Waals surface area contributed by atoms with Crippen molar-refractivity contribution in [1.29, 1.82) is 0 Å². The van der Waals surface area contributed by atoms with Gasteiger partial charge in [0, 0.05) is 5.56 Å². The summed E-state index contributed by atoms with van der Waals surface area (Å²) in [5, 5.41) is 0. The van der Waals surface area contributed by atoms with Crippen LogP contribution >= 0.6 is 11.8 Å². The molecule has 0 aliphatic heterocycles. The van der Waals surface area contributed by atoms with Crippen molar-refractivity contribution in [3.63, 3.8) is 0 Å². The maximum Gasteiger partial charge on any atom is 0.159 e. The lowest BCUT2D eigenvalue weighted by Gasteiger charge is -2.06. The topological polar surface area (TPSA) is 26.3 Å². The number of Topliss-reactive ketones (excluding diaryl/α,β-unsaturated/α-hetero) is 1. The minimum Gasteiger partial charge on any atom is -0.494 e. The van der Waals surface area contributed by atoms with Gasteiger partial charge in [-0.1, -0.05) is 19.1 Å². The van der Waals surface area contributed by atoms with E-state index < -0.39 is 0 Å². The molecule has 16 heavy (non-hydrogen) atoms. The quantitative estimate of drug-likeness (QED) is 0.538. The molecule has 0 fully saturated rings. The van der Waals surface area contributed by atoms with Crippen LogP contribution in [0.2, 0.25) is 0 Å². The number of benzene rings is 1. The van der Waals surface area contributed by atoms with Crippen LogP contribution in [0.15, 0.2) is 24.3 Å². The summed E-state index contributed by atoms with van der Waals surface area (Å²) in [4.78, 5) is 11.2. The highest BCUT2D eigenvalue weighted by Gasteiger charge is 2.00. The lowest BCUT2D eigenvalue weighted by Crippen LogP contribution is -2.00. The van der Waals surface area contributed by atoms with Crippen LogP contribution in [0.25, 0.3) is 0 Å². The molecule has 0 N–H and O–H groups in total. The van der Waals surface area contributed by atoms with Crippen molar-refractivity contribution >= 4 is 17.5 Å². The Morgan fingerprint density at radius 3 is 2.94 bits per heavy atom. The molecule has 1 aromatic rings. The Balaban J connectivity index is 2.36. The predicted octanol–water partition coefficient (Wildman–Crippen LogP) is 3.41. The maximum absolute atomic E-state index is 11.2. The zero-order chi connectivity index (χ0) is 11.8. The minimum absolute atomic E-state index is 0.0759. The van der Waals surface area contributed by atoms with Crippen molar-refractivity contribution in [3.8, 4) is 5.75 Å². The Labute approximate surface area is 101 Å². The Bertz CT molecular complexity index is 336.